The molecule has 0 fully saturated rings. The number of ether oxygens (including phenoxy) is 2. The molecule has 0 bridgehead atoms. The number of non-ortho nitro benzene ring substituents is 1. The molecule has 1 amide bonds. The first-order valence-electron chi connectivity index (χ1n) is 7.79. The van der Waals surface area contributed by atoms with E-state index in [1.54, 1.807) is 13.1 Å². The standard InChI is InChI=1S/C17H14N4O5/c1-20(8-10-2-5-14-15(6-10)26-9-25-14)17(22)16-12-7-11(21(23)24)3-4-13(12)18-19-16/h2-7H,8-9H2,1H3,(H,18,19). The zero-order valence-electron chi connectivity index (χ0n) is 13.8. The largest absolute Gasteiger partial charge is 0.454 e. The van der Waals surface area contributed by atoms with E-state index in [1.807, 2.05) is 12.1 Å². The summed E-state index contributed by atoms with van der Waals surface area (Å²) in [6.45, 7) is 0.518. The van der Waals surface area contributed by atoms with Crippen molar-refractivity contribution < 1.29 is 19.2 Å². The first-order chi connectivity index (χ1) is 12.5. The summed E-state index contributed by atoms with van der Waals surface area (Å²) in [6.07, 6.45) is 0. The maximum absolute atomic E-state index is 12.8. The van der Waals surface area contributed by atoms with Crippen molar-refractivity contribution in [3.63, 3.8) is 0 Å². The van der Waals surface area contributed by atoms with Crippen LogP contribution in [0, 0.1) is 10.1 Å². The van der Waals surface area contributed by atoms with Gasteiger partial charge in [-0.25, -0.2) is 0 Å². The van der Waals surface area contributed by atoms with Gasteiger partial charge in [-0.15, -0.1) is 0 Å². The molecule has 26 heavy (non-hydrogen) atoms. The fourth-order valence-corrected chi connectivity index (χ4v) is 2.84. The summed E-state index contributed by atoms with van der Waals surface area (Å²) in [6, 6.07) is 9.72. The van der Waals surface area contributed by atoms with Crippen LogP contribution in [0.25, 0.3) is 10.9 Å². The molecule has 9 heteroatoms. The van der Waals surface area contributed by atoms with E-state index in [0.717, 1.165) is 5.56 Å². The van der Waals surface area contributed by atoms with Crippen LogP contribution in [0.15, 0.2) is 36.4 Å². The smallest absolute Gasteiger partial charge is 0.275 e. The van der Waals surface area contributed by atoms with Crippen LogP contribution in [-0.4, -0.2) is 39.8 Å². The molecule has 9 nitrogen and oxygen atoms in total. The van der Waals surface area contributed by atoms with Crippen LogP contribution in [0.5, 0.6) is 11.5 Å². The summed E-state index contributed by atoms with van der Waals surface area (Å²) < 4.78 is 10.6. The molecule has 0 spiro atoms. The Morgan fingerprint density at radius 1 is 1.27 bits per heavy atom. The Bertz CT molecular complexity index is 1030. The average Bonchev–Trinajstić information content (AvgIpc) is 3.26. The normalized spacial score (nSPS) is 12.3. The molecular weight excluding hydrogens is 340 g/mol. The van der Waals surface area contributed by atoms with E-state index in [9.17, 15) is 14.9 Å². The minimum absolute atomic E-state index is 0.0913. The molecule has 132 valence electrons. The van der Waals surface area contributed by atoms with Gasteiger partial charge in [0.2, 0.25) is 6.79 Å². The van der Waals surface area contributed by atoms with Gasteiger partial charge >= 0.3 is 0 Å². The molecule has 0 saturated heterocycles. The van der Waals surface area contributed by atoms with E-state index in [0.29, 0.717) is 28.9 Å². The number of aromatic nitrogens is 2. The first kappa shape index (κ1) is 15.9. The third kappa shape index (κ3) is 2.69. The van der Waals surface area contributed by atoms with E-state index in [-0.39, 0.29) is 24.1 Å². The number of hydrogen-bond donors (Lipinski definition) is 1. The van der Waals surface area contributed by atoms with E-state index in [1.165, 1.54) is 23.1 Å². The van der Waals surface area contributed by atoms with Gasteiger partial charge < -0.3 is 14.4 Å². The number of amides is 1. The molecule has 0 aliphatic carbocycles. The Hall–Kier alpha value is -3.62. The highest BCUT2D eigenvalue weighted by Crippen LogP contribution is 2.33. The molecule has 1 aromatic heterocycles. The summed E-state index contributed by atoms with van der Waals surface area (Å²) in [7, 11) is 1.64. The van der Waals surface area contributed by atoms with Gasteiger partial charge in [-0.1, -0.05) is 6.07 Å². The number of H-pyrrole nitrogens is 1. The van der Waals surface area contributed by atoms with E-state index < -0.39 is 4.92 Å². The van der Waals surface area contributed by atoms with Crippen molar-refractivity contribution in [3.8, 4) is 11.5 Å². The van der Waals surface area contributed by atoms with Gasteiger partial charge in [0, 0.05) is 31.1 Å². The third-order valence-electron chi connectivity index (χ3n) is 4.16. The summed E-state index contributed by atoms with van der Waals surface area (Å²) in [5, 5.41) is 18.2. The second-order valence-corrected chi connectivity index (χ2v) is 5.91. The van der Waals surface area contributed by atoms with Crippen LogP contribution >= 0.6 is 0 Å². The van der Waals surface area contributed by atoms with Crippen LogP contribution in [0.1, 0.15) is 16.1 Å². The second-order valence-electron chi connectivity index (χ2n) is 5.91. The number of fused-ring (bicyclic) bond motifs is 2. The minimum Gasteiger partial charge on any atom is -0.454 e. The highest BCUT2D eigenvalue weighted by Gasteiger charge is 2.21. The quantitative estimate of drug-likeness (QED) is 0.569. The van der Waals surface area contributed by atoms with Gasteiger partial charge in [0.05, 0.1) is 10.4 Å². The third-order valence-corrected chi connectivity index (χ3v) is 4.16. The van der Waals surface area contributed by atoms with Crippen molar-refractivity contribution in [2.24, 2.45) is 0 Å². The molecule has 3 aromatic rings. The van der Waals surface area contributed by atoms with Crippen LogP contribution in [0.3, 0.4) is 0 Å². The van der Waals surface area contributed by atoms with Gasteiger partial charge in [0.25, 0.3) is 11.6 Å². The number of nitrogens with one attached hydrogen (secondary N) is 1. The van der Waals surface area contributed by atoms with Crippen LogP contribution in [0.2, 0.25) is 0 Å². The number of rotatable bonds is 4. The highest BCUT2D eigenvalue weighted by molar-refractivity contribution is 6.05. The van der Waals surface area contributed by atoms with Gasteiger partial charge in [-0.05, 0) is 23.8 Å². The second kappa shape index (κ2) is 6.03. The van der Waals surface area contributed by atoms with Crippen molar-refractivity contribution in [3.05, 3.63) is 57.8 Å². The van der Waals surface area contributed by atoms with E-state index in [4.69, 9.17) is 9.47 Å². The van der Waals surface area contributed by atoms with Crippen molar-refractivity contribution in [2.45, 2.75) is 6.54 Å². The summed E-state index contributed by atoms with van der Waals surface area (Å²) >= 11 is 0. The Morgan fingerprint density at radius 2 is 2.08 bits per heavy atom. The SMILES string of the molecule is CN(Cc1ccc2c(c1)OCO2)C(=O)c1n[nH]c2ccc([N+](=O)[O-])cc12. The number of hydrogen-bond acceptors (Lipinski definition) is 6. The molecule has 1 aliphatic rings. The lowest BCUT2D eigenvalue weighted by Gasteiger charge is -2.16. The number of nitrogens with zero attached hydrogens (tertiary/aromatic N) is 3. The molecule has 4 rings (SSSR count). The molecule has 0 saturated carbocycles. The molecular formula is C17H14N4O5. The summed E-state index contributed by atoms with van der Waals surface area (Å²) in [5.41, 5.74) is 1.49. The van der Waals surface area contributed by atoms with Gasteiger partial charge in [-0.2, -0.15) is 5.10 Å². The van der Waals surface area contributed by atoms with Crippen molar-refractivity contribution in [2.75, 3.05) is 13.8 Å². The Kier molecular flexibility index (Phi) is 3.68. The van der Waals surface area contributed by atoms with Gasteiger partial charge in [-0.3, -0.25) is 20.0 Å². The fourth-order valence-electron chi connectivity index (χ4n) is 2.84. The maximum Gasteiger partial charge on any atom is 0.275 e. The Morgan fingerprint density at radius 3 is 2.88 bits per heavy atom. The first-order valence-corrected chi connectivity index (χ1v) is 7.79. The predicted molar refractivity (Wildman–Crippen MR) is 91.1 cm³/mol. The topological polar surface area (TPSA) is 111 Å². The summed E-state index contributed by atoms with van der Waals surface area (Å²) in [5.74, 6) is 0.979. The zero-order valence-corrected chi connectivity index (χ0v) is 13.8. The van der Waals surface area contributed by atoms with Gasteiger partial charge in [0.15, 0.2) is 17.2 Å². The van der Waals surface area contributed by atoms with E-state index in [2.05, 4.69) is 10.2 Å². The molecule has 1 N–H and O–H groups in total. The van der Waals surface area contributed by atoms with Crippen LogP contribution in [-0.2, 0) is 6.54 Å². The number of benzene rings is 2. The average molecular weight is 354 g/mol. The maximum atomic E-state index is 12.8. The number of nitro groups is 1. The number of carbonyl (C=O) groups excluding carboxylic acids is 1. The van der Waals surface area contributed by atoms with Gasteiger partial charge in [0.1, 0.15) is 0 Å². The number of carbonyl (C=O) groups is 1. The van der Waals surface area contributed by atoms with Crippen LogP contribution in [0.4, 0.5) is 5.69 Å². The molecule has 2 heterocycles. The molecule has 1 aliphatic heterocycles. The molecule has 0 atom stereocenters. The van der Waals surface area contributed by atoms with Crippen LogP contribution < -0.4 is 9.47 Å². The van der Waals surface area contributed by atoms with Crippen molar-refractivity contribution in [1.82, 2.24) is 15.1 Å². The Labute approximate surface area is 147 Å². The number of aromatic amines is 1. The molecule has 0 unspecified atom stereocenters. The monoisotopic (exact) mass is 354 g/mol. The lowest BCUT2D eigenvalue weighted by Crippen LogP contribution is -2.26. The lowest BCUT2D eigenvalue weighted by molar-refractivity contribution is -0.384. The summed E-state index contributed by atoms with van der Waals surface area (Å²) in [4.78, 5) is 24.7. The minimum atomic E-state index is -0.503. The highest BCUT2D eigenvalue weighted by atomic mass is 16.7. The van der Waals surface area contributed by atoms with Crippen molar-refractivity contribution in [1.29, 1.82) is 0 Å². The predicted octanol–water partition coefficient (Wildman–Crippen LogP) is 2.47. The Balaban J connectivity index is 1.59. The van der Waals surface area contributed by atoms with Crippen molar-refractivity contribution >= 4 is 22.5 Å². The lowest BCUT2D eigenvalue weighted by atomic mass is 10.1. The zero-order chi connectivity index (χ0) is 18.3. The number of nitro benzene ring substituents is 1. The molecule has 0 radical (unpaired) electrons. The fraction of sp³-hybridized carbons (Fsp3) is 0.176. The van der Waals surface area contributed by atoms with E-state index >= 15 is 0 Å². The molecule has 2 aromatic carbocycles.